The fourth-order valence-corrected chi connectivity index (χ4v) is 1.74. The molecule has 0 saturated carbocycles. The van der Waals surface area contributed by atoms with Crippen LogP contribution < -0.4 is 4.72 Å². The van der Waals surface area contributed by atoms with E-state index in [1.165, 1.54) is 0 Å². The Morgan fingerprint density at radius 1 is 1.27 bits per heavy atom. The highest BCUT2D eigenvalue weighted by molar-refractivity contribution is 7.92. The Labute approximate surface area is 89.4 Å². The number of hydrogen-bond donors (Lipinski definition) is 1. The predicted molar refractivity (Wildman–Crippen MR) is 59.3 cm³/mol. The SMILES string of the molecule is CS(=O)(=O)Nc1ccc(CCC=O)cc1. The van der Waals surface area contributed by atoms with Gasteiger partial charge >= 0.3 is 0 Å². The molecule has 0 spiro atoms. The van der Waals surface area contributed by atoms with Crippen molar-refractivity contribution in [3.05, 3.63) is 29.8 Å². The highest BCUT2D eigenvalue weighted by Crippen LogP contribution is 2.11. The van der Waals surface area contributed by atoms with Crippen molar-refractivity contribution >= 4 is 22.0 Å². The van der Waals surface area contributed by atoms with Gasteiger partial charge in [0.15, 0.2) is 0 Å². The molecule has 0 aliphatic heterocycles. The fourth-order valence-electron chi connectivity index (χ4n) is 1.18. The number of aryl methyl sites for hydroxylation is 1. The van der Waals surface area contributed by atoms with Gasteiger partial charge in [0.1, 0.15) is 6.29 Å². The molecule has 82 valence electrons. The number of benzene rings is 1. The second-order valence-corrected chi connectivity index (χ2v) is 5.02. The Morgan fingerprint density at radius 3 is 2.33 bits per heavy atom. The van der Waals surface area contributed by atoms with E-state index in [1.54, 1.807) is 24.3 Å². The maximum atomic E-state index is 10.9. The van der Waals surface area contributed by atoms with E-state index in [2.05, 4.69) is 4.72 Å². The van der Waals surface area contributed by atoms with Crippen LogP contribution in [0.4, 0.5) is 5.69 Å². The molecule has 0 atom stereocenters. The minimum atomic E-state index is -3.21. The summed E-state index contributed by atoms with van der Waals surface area (Å²) in [5.74, 6) is 0. The number of sulfonamides is 1. The molecule has 0 aliphatic carbocycles. The van der Waals surface area contributed by atoms with Crippen LogP contribution in [-0.4, -0.2) is 21.0 Å². The van der Waals surface area contributed by atoms with Crippen molar-refractivity contribution in [2.45, 2.75) is 12.8 Å². The summed E-state index contributed by atoms with van der Waals surface area (Å²) in [4.78, 5) is 10.1. The molecular weight excluding hydrogens is 214 g/mol. The van der Waals surface area contributed by atoms with E-state index in [4.69, 9.17) is 0 Å². The van der Waals surface area contributed by atoms with E-state index in [-0.39, 0.29) is 0 Å². The number of hydrogen-bond acceptors (Lipinski definition) is 3. The summed E-state index contributed by atoms with van der Waals surface area (Å²) in [6.07, 6.45) is 3.14. The summed E-state index contributed by atoms with van der Waals surface area (Å²) in [6.45, 7) is 0. The lowest BCUT2D eigenvalue weighted by atomic mass is 10.1. The third-order valence-electron chi connectivity index (χ3n) is 1.81. The number of nitrogens with one attached hydrogen (secondary N) is 1. The van der Waals surface area contributed by atoms with Crippen molar-refractivity contribution in [2.75, 3.05) is 11.0 Å². The second-order valence-electron chi connectivity index (χ2n) is 3.28. The zero-order valence-corrected chi connectivity index (χ0v) is 9.25. The van der Waals surface area contributed by atoms with E-state index in [0.29, 0.717) is 18.5 Å². The molecule has 1 rings (SSSR count). The zero-order chi connectivity index (χ0) is 11.3. The van der Waals surface area contributed by atoms with E-state index < -0.39 is 10.0 Å². The molecule has 0 saturated heterocycles. The van der Waals surface area contributed by atoms with Gasteiger partial charge in [-0.2, -0.15) is 0 Å². The Balaban J connectivity index is 2.68. The third kappa shape index (κ3) is 4.60. The van der Waals surface area contributed by atoms with Crippen LogP contribution in [0, 0.1) is 0 Å². The summed E-state index contributed by atoms with van der Waals surface area (Å²) in [5, 5.41) is 0. The van der Waals surface area contributed by atoms with Crippen molar-refractivity contribution in [2.24, 2.45) is 0 Å². The summed E-state index contributed by atoms with van der Waals surface area (Å²) >= 11 is 0. The van der Waals surface area contributed by atoms with Crippen molar-refractivity contribution in [3.8, 4) is 0 Å². The maximum Gasteiger partial charge on any atom is 0.229 e. The van der Waals surface area contributed by atoms with Gasteiger partial charge in [-0.3, -0.25) is 4.72 Å². The highest BCUT2D eigenvalue weighted by Gasteiger charge is 2.00. The molecular formula is C10H13NO3S. The standard InChI is InChI=1S/C10H13NO3S/c1-15(13,14)11-10-6-4-9(5-7-10)3-2-8-12/h4-8,11H,2-3H2,1H3. The molecule has 1 N–H and O–H groups in total. The third-order valence-corrected chi connectivity index (χ3v) is 2.41. The van der Waals surface area contributed by atoms with Gasteiger partial charge in [-0.25, -0.2) is 8.42 Å². The molecule has 4 nitrogen and oxygen atoms in total. The fraction of sp³-hybridized carbons (Fsp3) is 0.300. The summed E-state index contributed by atoms with van der Waals surface area (Å²) < 4.78 is 24.2. The van der Waals surface area contributed by atoms with Gasteiger partial charge in [0.2, 0.25) is 10.0 Å². The number of carbonyl (C=O) groups excluding carboxylic acids is 1. The van der Waals surface area contributed by atoms with Gasteiger partial charge in [0.25, 0.3) is 0 Å². The normalized spacial score (nSPS) is 11.0. The van der Waals surface area contributed by atoms with Gasteiger partial charge in [-0.05, 0) is 24.1 Å². The molecule has 0 radical (unpaired) electrons. The van der Waals surface area contributed by atoms with Crippen molar-refractivity contribution < 1.29 is 13.2 Å². The second kappa shape index (κ2) is 4.93. The van der Waals surface area contributed by atoms with Crippen LogP contribution in [0.3, 0.4) is 0 Å². The minimum absolute atomic E-state index is 0.485. The average Bonchev–Trinajstić information content (AvgIpc) is 2.14. The van der Waals surface area contributed by atoms with Crippen LogP contribution in [-0.2, 0) is 21.2 Å². The Morgan fingerprint density at radius 2 is 1.87 bits per heavy atom. The quantitative estimate of drug-likeness (QED) is 0.768. The molecule has 1 aromatic carbocycles. The van der Waals surface area contributed by atoms with E-state index in [0.717, 1.165) is 18.1 Å². The first-order valence-corrected chi connectivity index (χ1v) is 6.41. The van der Waals surface area contributed by atoms with Gasteiger partial charge in [-0.1, -0.05) is 12.1 Å². The Hall–Kier alpha value is -1.36. The van der Waals surface area contributed by atoms with Gasteiger partial charge in [0, 0.05) is 12.1 Å². The van der Waals surface area contributed by atoms with Crippen LogP contribution in [0.1, 0.15) is 12.0 Å². The highest BCUT2D eigenvalue weighted by atomic mass is 32.2. The zero-order valence-electron chi connectivity index (χ0n) is 8.43. The molecule has 5 heteroatoms. The average molecular weight is 227 g/mol. The molecule has 0 aromatic heterocycles. The molecule has 0 fully saturated rings. The monoisotopic (exact) mass is 227 g/mol. The summed E-state index contributed by atoms with van der Waals surface area (Å²) in [5.41, 5.74) is 1.55. The number of anilines is 1. The molecule has 0 unspecified atom stereocenters. The number of carbonyl (C=O) groups is 1. The number of rotatable bonds is 5. The first-order chi connectivity index (χ1) is 7.01. The molecule has 0 amide bonds. The summed E-state index contributed by atoms with van der Waals surface area (Å²) in [6, 6.07) is 6.97. The molecule has 0 bridgehead atoms. The first kappa shape index (κ1) is 11.7. The smallest absolute Gasteiger partial charge is 0.229 e. The lowest BCUT2D eigenvalue weighted by Gasteiger charge is -2.04. The lowest BCUT2D eigenvalue weighted by Crippen LogP contribution is -2.09. The maximum absolute atomic E-state index is 10.9. The largest absolute Gasteiger partial charge is 0.303 e. The predicted octanol–water partition coefficient (Wildman–Crippen LogP) is 1.19. The Bertz CT molecular complexity index is 422. The first-order valence-electron chi connectivity index (χ1n) is 4.51. The van der Waals surface area contributed by atoms with Gasteiger partial charge in [-0.15, -0.1) is 0 Å². The lowest BCUT2D eigenvalue weighted by molar-refractivity contribution is -0.107. The van der Waals surface area contributed by atoms with E-state index in [9.17, 15) is 13.2 Å². The molecule has 1 aromatic rings. The van der Waals surface area contributed by atoms with Crippen LogP contribution >= 0.6 is 0 Å². The topological polar surface area (TPSA) is 63.2 Å². The van der Waals surface area contributed by atoms with Crippen molar-refractivity contribution in [3.63, 3.8) is 0 Å². The van der Waals surface area contributed by atoms with Crippen LogP contribution in [0.15, 0.2) is 24.3 Å². The van der Waals surface area contributed by atoms with Gasteiger partial charge in [0.05, 0.1) is 6.26 Å². The van der Waals surface area contributed by atoms with Crippen molar-refractivity contribution in [1.29, 1.82) is 0 Å². The van der Waals surface area contributed by atoms with Crippen LogP contribution in [0.2, 0.25) is 0 Å². The molecule has 0 aliphatic rings. The molecule has 0 heterocycles. The Kier molecular flexibility index (Phi) is 3.85. The van der Waals surface area contributed by atoms with Crippen LogP contribution in [0.25, 0.3) is 0 Å². The van der Waals surface area contributed by atoms with Crippen LogP contribution in [0.5, 0.6) is 0 Å². The van der Waals surface area contributed by atoms with E-state index in [1.807, 2.05) is 0 Å². The van der Waals surface area contributed by atoms with E-state index >= 15 is 0 Å². The minimum Gasteiger partial charge on any atom is -0.303 e. The van der Waals surface area contributed by atoms with Gasteiger partial charge < -0.3 is 4.79 Å². The number of aldehydes is 1. The molecule has 15 heavy (non-hydrogen) atoms. The van der Waals surface area contributed by atoms with Crippen molar-refractivity contribution in [1.82, 2.24) is 0 Å². The summed E-state index contributed by atoms with van der Waals surface area (Å²) in [7, 11) is -3.21.